The predicted octanol–water partition coefficient (Wildman–Crippen LogP) is 5.72. The monoisotopic (exact) mass is 487 g/mol. The number of halogens is 4. The fourth-order valence-corrected chi connectivity index (χ4v) is 2.60. The molecule has 2 aromatic rings. The number of esters is 2. The Bertz CT molecular complexity index is 1100. The van der Waals surface area contributed by atoms with E-state index in [1.165, 1.54) is 13.8 Å². The van der Waals surface area contributed by atoms with Gasteiger partial charge in [0.15, 0.2) is 0 Å². The van der Waals surface area contributed by atoms with Crippen LogP contribution < -0.4 is 4.74 Å². The Morgan fingerprint density at radius 1 is 1.21 bits per heavy atom. The molecule has 0 spiro atoms. The molecule has 176 valence electrons. The Morgan fingerprint density at radius 2 is 1.88 bits per heavy atom. The van der Waals surface area contributed by atoms with Crippen LogP contribution in [-0.4, -0.2) is 29.6 Å². The quantitative estimate of drug-likeness (QED) is 0.203. The van der Waals surface area contributed by atoms with Crippen molar-refractivity contribution in [2.24, 2.45) is 0 Å². The summed E-state index contributed by atoms with van der Waals surface area (Å²) in [6.45, 7) is 5.88. The van der Waals surface area contributed by atoms with Crippen LogP contribution in [0.5, 0.6) is 11.5 Å². The lowest BCUT2D eigenvalue weighted by Gasteiger charge is -2.14. The van der Waals surface area contributed by atoms with E-state index in [1.807, 2.05) is 0 Å². The van der Waals surface area contributed by atoms with Crippen LogP contribution in [0.25, 0.3) is 0 Å². The van der Waals surface area contributed by atoms with E-state index in [1.54, 1.807) is 0 Å². The number of alkyl halides is 3. The van der Waals surface area contributed by atoms with Crippen molar-refractivity contribution in [3.05, 3.63) is 74.8 Å². The van der Waals surface area contributed by atoms with Crippen molar-refractivity contribution >= 4 is 29.2 Å². The topological polar surface area (TPSA) is 105 Å². The van der Waals surface area contributed by atoms with Gasteiger partial charge in [-0.05, 0) is 38.1 Å². The first-order chi connectivity index (χ1) is 15.3. The van der Waals surface area contributed by atoms with Gasteiger partial charge in [0.2, 0.25) is 0 Å². The zero-order chi connectivity index (χ0) is 24.9. The Morgan fingerprint density at radius 3 is 2.42 bits per heavy atom. The summed E-state index contributed by atoms with van der Waals surface area (Å²) >= 11 is 5.85. The van der Waals surface area contributed by atoms with Crippen LogP contribution in [0.2, 0.25) is 5.02 Å². The molecule has 0 aromatic heterocycles. The summed E-state index contributed by atoms with van der Waals surface area (Å²) in [5.74, 6) is -2.09. The molecule has 0 saturated carbocycles. The van der Waals surface area contributed by atoms with E-state index in [0.29, 0.717) is 6.07 Å². The molecule has 1 unspecified atom stereocenters. The van der Waals surface area contributed by atoms with Crippen LogP contribution in [0.15, 0.2) is 48.6 Å². The first kappa shape index (κ1) is 25.7. The van der Waals surface area contributed by atoms with Crippen molar-refractivity contribution in [3.8, 4) is 11.5 Å². The standard InChI is InChI=1S/C21H17ClF3NO7/c1-11(2)19(27)32-12(3)10-31-20(28)15-9-14(5-6-17(15)26(29)30)33-18-7-4-13(8-16(18)22)21(23,24)25/h4-9,12H,1,10H2,2-3H3. The molecule has 0 aliphatic carbocycles. The van der Waals surface area contributed by atoms with Gasteiger partial charge in [0.1, 0.15) is 29.8 Å². The fraction of sp³-hybridized carbons (Fsp3) is 0.238. The zero-order valence-electron chi connectivity index (χ0n) is 17.3. The number of ether oxygens (including phenoxy) is 3. The van der Waals surface area contributed by atoms with Crippen LogP contribution in [0.1, 0.15) is 29.8 Å². The molecule has 12 heteroatoms. The molecule has 2 rings (SSSR count). The predicted molar refractivity (Wildman–Crippen MR) is 110 cm³/mol. The molecule has 0 radical (unpaired) electrons. The number of benzene rings is 2. The largest absolute Gasteiger partial charge is 0.458 e. The lowest BCUT2D eigenvalue weighted by molar-refractivity contribution is -0.385. The number of nitro benzene ring substituents is 1. The minimum atomic E-state index is -4.61. The summed E-state index contributed by atoms with van der Waals surface area (Å²) in [7, 11) is 0. The van der Waals surface area contributed by atoms with Gasteiger partial charge in [-0.25, -0.2) is 9.59 Å². The molecular weight excluding hydrogens is 471 g/mol. The van der Waals surface area contributed by atoms with Gasteiger partial charge in [-0.3, -0.25) is 10.1 Å². The maximum absolute atomic E-state index is 12.8. The van der Waals surface area contributed by atoms with E-state index in [-0.39, 0.29) is 22.1 Å². The van der Waals surface area contributed by atoms with E-state index >= 15 is 0 Å². The molecular formula is C21H17ClF3NO7. The third-order valence-electron chi connectivity index (χ3n) is 3.98. The third kappa shape index (κ3) is 6.94. The van der Waals surface area contributed by atoms with Crippen molar-refractivity contribution in [3.63, 3.8) is 0 Å². The Balaban J connectivity index is 2.22. The first-order valence-electron chi connectivity index (χ1n) is 9.16. The fourth-order valence-electron chi connectivity index (χ4n) is 2.38. The highest BCUT2D eigenvalue weighted by Gasteiger charge is 2.31. The Labute approximate surface area is 190 Å². The van der Waals surface area contributed by atoms with Gasteiger partial charge in [0, 0.05) is 17.7 Å². The summed E-state index contributed by atoms with van der Waals surface area (Å²) in [6.07, 6.45) is -5.47. The van der Waals surface area contributed by atoms with Crippen molar-refractivity contribution in [1.29, 1.82) is 0 Å². The zero-order valence-corrected chi connectivity index (χ0v) is 18.0. The molecule has 0 saturated heterocycles. The van der Waals surface area contributed by atoms with Gasteiger partial charge in [-0.2, -0.15) is 13.2 Å². The lowest BCUT2D eigenvalue weighted by Crippen LogP contribution is -2.23. The van der Waals surface area contributed by atoms with E-state index in [2.05, 4.69) is 6.58 Å². The second-order valence-corrected chi connectivity index (χ2v) is 7.18. The molecule has 1 atom stereocenters. The van der Waals surface area contributed by atoms with Crippen LogP contribution in [-0.2, 0) is 20.4 Å². The lowest BCUT2D eigenvalue weighted by atomic mass is 10.1. The van der Waals surface area contributed by atoms with Crippen molar-refractivity contribution in [1.82, 2.24) is 0 Å². The number of carbonyl (C=O) groups excluding carboxylic acids is 2. The van der Waals surface area contributed by atoms with Crippen LogP contribution in [0, 0.1) is 10.1 Å². The van der Waals surface area contributed by atoms with E-state index in [0.717, 1.165) is 30.3 Å². The SMILES string of the molecule is C=C(C)C(=O)OC(C)COC(=O)c1cc(Oc2ccc(C(F)(F)F)cc2Cl)ccc1[N+](=O)[O-]. The molecule has 0 N–H and O–H groups in total. The number of nitro groups is 1. The van der Waals surface area contributed by atoms with E-state index in [9.17, 15) is 32.9 Å². The summed E-state index contributed by atoms with van der Waals surface area (Å²) in [5.41, 5.74) is -1.94. The maximum Gasteiger partial charge on any atom is 0.416 e. The Kier molecular flexibility index (Phi) is 8.04. The average molecular weight is 488 g/mol. The highest BCUT2D eigenvalue weighted by Crippen LogP contribution is 2.37. The number of nitrogens with zero attached hydrogens (tertiary/aromatic N) is 1. The van der Waals surface area contributed by atoms with Crippen molar-refractivity contribution < 1.29 is 41.9 Å². The molecule has 0 amide bonds. The number of carbonyl (C=O) groups is 2. The summed E-state index contributed by atoms with van der Waals surface area (Å²) in [6, 6.07) is 5.47. The average Bonchev–Trinajstić information content (AvgIpc) is 2.72. The van der Waals surface area contributed by atoms with Gasteiger partial charge >= 0.3 is 18.1 Å². The van der Waals surface area contributed by atoms with Gasteiger partial charge in [0.25, 0.3) is 5.69 Å². The molecule has 2 aromatic carbocycles. The summed E-state index contributed by atoms with van der Waals surface area (Å²) in [4.78, 5) is 34.4. The second-order valence-electron chi connectivity index (χ2n) is 6.78. The highest BCUT2D eigenvalue weighted by atomic mass is 35.5. The van der Waals surface area contributed by atoms with Gasteiger partial charge < -0.3 is 14.2 Å². The number of hydrogen-bond acceptors (Lipinski definition) is 7. The molecule has 33 heavy (non-hydrogen) atoms. The summed E-state index contributed by atoms with van der Waals surface area (Å²) < 4.78 is 53.7. The minimum absolute atomic E-state index is 0.115. The number of hydrogen-bond donors (Lipinski definition) is 0. The highest BCUT2D eigenvalue weighted by molar-refractivity contribution is 6.32. The second kappa shape index (κ2) is 10.3. The van der Waals surface area contributed by atoms with Crippen molar-refractivity contribution in [2.75, 3.05) is 6.61 Å². The maximum atomic E-state index is 12.8. The molecule has 8 nitrogen and oxygen atoms in total. The van der Waals surface area contributed by atoms with Crippen LogP contribution in [0.3, 0.4) is 0 Å². The molecule has 0 heterocycles. The smallest absolute Gasteiger partial charge is 0.416 e. The van der Waals surface area contributed by atoms with Gasteiger partial charge in [-0.15, -0.1) is 0 Å². The van der Waals surface area contributed by atoms with Crippen LogP contribution >= 0.6 is 11.6 Å². The Hall–Kier alpha value is -3.60. The van der Waals surface area contributed by atoms with Crippen molar-refractivity contribution in [2.45, 2.75) is 26.1 Å². The normalized spacial score (nSPS) is 11.9. The van der Waals surface area contributed by atoms with Gasteiger partial charge in [-0.1, -0.05) is 18.2 Å². The molecule has 0 aliphatic heterocycles. The number of rotatable bonds is 8. The third-order valence-corrected chi connectivity index (χ3v) is 4.27. The summed E-state index contributed by atoms with van der Waals surface area (Å²) in [5, 5.41) is 10.9. The minimum Gasteiger partial charge on any atom is -0.458 e. The molecule has 0 aliphatic rings. The molecule has 0 fully saturated rings. The first-order valence-corrected chi connectivity index (χ1v) is 9.54. The molecule has 0 bridgehead atoms. The van der Waals surface area contributed by atoms with Gasteiger partial charge in [0.05, 0.1) is 15.5 Å². The van der Waals surface area contributed by atoms with E-state index < -0.39 is 52.6 Å². The van der Waals surface area contributed by atoms with E-state index in [4.69, 9.17) is 25.8 Å². The van der Waals surface area contributed by atoms with Crippen LogP contribution in [0.4, 0.5) is 18.9 Å².